The van der Waals surface area contributed by atoms with E-state index in [1.165, 1.54) is 11.3 Å². The van der Waals surface area contributed by atoms with Gasteiger partial charge in [0.1, 0.15) is 15.6 Å². The number of carbonyl (C=O) groups is 1. The largest absolute Gasteiger partial charge is 0.454 e. The summed E-state index contributed by atoms with van der Waals surface area (Å²) >= 11 is 1.32. The molecule has 0 saturated carbocycles. The molecule has 2 heterocycles. The molecule has 1 aromatic heterocycles. The second-order valence-corrected chi connectivity index (χ2v) is 6.20. The molecule has 0 bridgehead atoms. The first kappa shape index (κ1) is 14.7. The molecule has 0 fully saturated rings. The van der Waals surface area contributed by atoms with Crippen LogP contribution in [0.4, 0.5) is 0 Å². The maximum Gasteiger partial charge on any atom is 0.355 e. The van der Waals surface area contributed by atoms with Gasteiger partial charge < -0.3 is 14.2 Å². The maximum atomic E-state index is 12.5. The Labute approximate surface area is 142 Å². The summed E-state index contributed by atoms with van der Waals surface area (Å²) in [7, 11) is 0. The Morgan fingerprint density at radius 1 is 1.12 bits per heavy atom. The van der Waals surface area contributed by atoms with Gasteiger partial charge in [-0.1, -0.05) is 30.3 Å². The van der Waals surface area contributed by atoms with Gasteiger partial charge >= 0.3 is 5.97 Å². The van der Waals surface area contributed by atoms with Crippen molar-refractivity contribution in [3.05, 3.63) is 59.1 Å². The molecule has 0 radical (unpaired) electrons. The highest BCUT2D eigenvalue weighted by molar-refractivity contribution is 7.17. The van der Waals surface area contributed by atoms with E-state index in [2.05, 4.69) is 4.98 Å². The van der Waals surface area contributed by atoms with Crippen molar-refractivity contribution in [2.75, 3.05) is 6.79 Å². The minimum absolute atomic E-state index is 0.182. The zero-order chi connectivity index (χ0) is 16.5. The molecule has 120 valence electrons. The summed E-state index contributed by atoms with van der Waals surface area (Å²) in [6.07, 6.45) is 0. The molecule has 0 aliphatic carbocycles. The summed E-state index contributed by atoms with van der Waals surface area (Å²) in [6, 6.07) is 14.8. The highest BCUT2D eigenvalue weighted by Gasteiger charge is 2.20. The molecule has 0 saturated heterocycles. The number of rotatable bonds is 3. The van der Waals surface area contributed by atoms with Crippen LogP contribution in [0.25, 0.3) is 10.6 Å². The number of esters is 1. The molecule has 0 unspecified atom stereocenters. The minimum atomic E-state index is -0.425. The first-order chi connectivity index (χ1) is 11.7. The fourth-order valence-electron chi connectivity index (χ4n) is 2.38. The Kier molecular flexibility index (Phi) is 3.66. The Hall–Kier alpha value is -2.86. The third kappa shape index (κ3) is 2.72. The number of hydrogen-bond donors (Lipinski definition) is 0. The number of hydrogen-bond acceptors (Lipinski definition) is 6. The van der Waals surface area contributed by atoms with Crippen LogP contribution in [0.15, 0.2) is 48.5 Å². The molecule has 1 aliphatic rings. The molecule has 5 nitrogen and oxygen atoms in total. The van der Waals surface area contributed by atoms with Gasteiger partial charge in [-0.2, -0.15) is 0 Å². The van der Waals surface area contributed by atoms with Crippen molar-refractivity contribution >= 4 is 17.3 Å². The van der Waals surface area contributed by atoms with Gasteiger partial charge in [0, 0.05) is 11.6 Å². The highest BCUT2D eigenvalue weighted by Crippen LogP contribution is 2.36. The monoisotopic (exact) mass is 339 g/mol. The van der Waals surface area contributed by atoms with Gasteiger partial charge in [-0.25, -0.2) is 9.78 Å². The van der Waals surface area contributed by atoms with Crippen LogP contribution in [0.3, 0.4) is 0 Å². The second kappa shape index (κ2) is 5.98. The molecular weight excluding hydrogens is 326 g/mol. The lowest BCUT2D eigenvalue weighted by Crippen LogP contribution is -2.07. The van der Waals surface area contributed by atoms with Gasteiger partial charge in [0.25, 0.3) is 0 Å². The summed E-state index contributed by atoms with van der Waals surface area (Å²) in [5.41, 5.74) is 1.64. The van der Waals surface area contributed by atoms with Crippen molar-refractivity contribution in [3.8, 4) is 27.8 Å². The van der Waals surface area contributed by atoms with E-state index < -0.39 is 5.97 Å². The third-order valence-electron chi connectivity index (χ3n) is 3.56. The molecule has 0 spiro atoms. The number of aryl methyl sites for hydroxylation is 1. The van der Waals surface area contributed by atoms with Crippen LogP contribution in [-0.4, -0.2) is 17.7 Å². The molecule has 0 atom stereocenters. The average Bonchev–Trinajstić information content (AvgIpc) is 3.21. The number of nitrogens with zero attached hydrogens (tertiary/aromatic N) is 1. The van der Waals surface area contributed by atoms with Gasteiger partial charge in [0.15, 0.2) is 11.5 Å². The summed E-state index contributed by atoms with van der Waals surface area (Å²) in [5.74, 6) is 1.21. The molecule has 2 aromatic carbocycles. The summed E-state index contributed by atoms with van der Waals surface area (Å²) < 4.78 is 16.0. The van der Waals surface area contributed by atoms with Crippen LogP contribution in [0.2, 0.25) is 0 Å². The standard InChI is InChI=1S/C18H13NO4S/c1-11-16(24-17(19-11)12-5-3-2-4-6-12)18(20)23-13-7-8-14-15(9-13)22-10-21-14/h2-9H,10H2,1H3. The first-order valence-corrected chi connectivity index (χ1v) is 8.17. The van der Waals surface area contributed by atoms with E-state index in [1.807, 2.05) is 30.3 Å². The van der Waals surface area contributed by atoms with Crippen LogP contribution in [0, 0.1) is 6.92 Å². The van der Waals surface area contributed by atoms with Crippen molar-refractivity contribution in [1.82, 2.24) is 4.98 Å². The first-order valence-electron chi connectivity index (χ1n) is 7.35. The summed E-state index contributed by atoms with van der Waals surface area (Å²) in [4.78, 5) is 17.4. The summed E-state index contributed by atoms with van der Waals surface area (Å²) in [6.45, 7) is 1.99. The van der Waals surface area contributed by atoms with Crippen molar-refractivity contribution in [1.29, 1.82) is 0 Å². The van der Waals surface area contributed by atoms with Crippen molar-refractivity contribution in [2.24, 2.45) is 0 Å². The number of ether oxygens (including phenoxy) is 3. The van der Waals surface area contributed by atoms with E-state index in [1.54, 1.807) is 25.1 Å². The van der Waals surface area contributed by atoms with Crippen molar-refractivity contribution in [2.45, 2.75) is 6.92 Å². The molecular formula is C18H13NO4S. The van der Waals surface area contributed by atoms with Gasteiger partial charge in [0.2, 0.25) is 6.79 Å². The van der Waals surface area contributed by atoms with Gasteiger partial charge in [-0.05, 0) is 19.1 Å². The predicted molar refractivity (Wildman–Crippen MR) is 89.8 cm³/mol. The van der Waals surface area contributed by atoms with Gasteiger partial charge in [0.05, 0.1) is 5.69 Å². The molecule has 24 heavy (non-hydrogen) atoms. The van der Waals surface area contributed by atoms with Crippen LogP contribution in [-0.2, 0) is 0 Å². The predicted octanol–water partition coefficient (Wildman–Crippen LogP) is 4.07. The Balaban J connectivity index is 1.58. The van der Waals surface area contributed by atoms with Gasteiger partial charge in [-0.3, -0.25) is 0 Å². The fraction of sp³-hybridized carbons (Fsp3) is 0.111. The highest BCUT2D eigenvalue weighted by atomic mass is 32.1. The van der Waals surface area contributed by atoms with Crippen LogP contribution in [0.1, 0.15) is 15.4 Å². The van der Waals surface area contributed by atoms with Crippen LogP contribution >= 0.6 is 11.3 Å². The zero-order valence-electron chi connectivity index (χ0n) is 12.8. The minimum Gasteiger partial charge on any atom is -0.454 e. The zero-order valence-corrected chi connectivity index (χ0v) is 13.6. The molecule has 4 rings (SSSR count). The van der Waals surface area contributed by atoms with E-state index in [4.69, 9.17) is 14.2 Å². The lowest BCUT2D eigenvalue weighted by atomic mass is 10.2. The number of aromatic nitrogens is 1. The molecule has 3 aromatic rings. The Morgan fingerprint density at radius 2 is 1.92 bits per heavy atom. The lowest BCUT2D eigenvalue weighted by Gasteiger charge is -2.04. The SMILES string of the molecule is Cc1nc(-c2ccccc2)sc1C(=O)Oc1ccc2c(c1)OCO2. The molecule has 6 heteroatoms. The van der Waals surface area contributed by atoms with E-state index in [-0.39, 0.29) is 6.79 Å². The fourth-order valence-corrected chi connectivity index (χ4v) is 3.33. The number of thiazole rings is 1. The number of benzene rings is 2. The number of fused-ring (bicyclic) bond motifs is 1. The Morgan fingerprint density at radius 3 is 2.75 bits per heavy atom. The van der Waals surface area contributed by atoms with E-state index >= 15 is 0 Å². The van der Waals surface area contributed by atoms with Crippen molar-refractivity contribution in [3.63, 3.8) is 0 Å². The average molecular weight is 339 g/mol. The Bertz CT molecular complexity index is 905. The van der Waals surface area contributed by atoms with Crippen molar-refractivity contribution < 1.29 is 19.0 Å². The topological polar surface area (TPSA) is 57.7 Å². The molecule has 1 aliphatic heterocycles. The molecule has 0 amide bonds. The third-order valence-corrected chi connectivity index (χ3v) is 4.74. The smallest absolute Gasteiger partial charge is 0.355 e. The molecule has 0 N–H and O–H groups in total. The number of carbonyl (C=O) groups excluding carboxylic acids is 1. The van der Waals surface area contributed by atoms with E-state index in [0.717, 1.165) is 10.6 Å². The second-order valence-electron chi connectivity index (χ2n) is 5.20. The van der Waals surface area contributed by atoms with E-state index in [9.17, 15) is 4.79 Å². The van der Waals surface area contributed by atoms with Gasteiger partial charge in [-0.15, -0.1) is 11.3 Å². The maximum absolute atomic E-state index is 12.5. The summed E-state index contributed by atoms with van der Waals surface area (Å²) in [5, 5.41) is 0.797. The van der Waals surface area contributed by atoms with Crippen LogP contribution in [0.5, 0.6) is 17.2 Å². The van der Waals surface area contributed by atoms with E-state index in [0.29, 0.717) is 27.8 Å². The normalized spacial score (nSPS) is 12.2. The quantitative estimate of drug-likeness (QED) is 0.532. The lowest BCUT2D eigenvalue weighted by molar-refractivity contribution is 0.0738. The van der Waals surface area contributed by atoms with Crippen LogP contribution < -0.4 is 14.2 Å².